The summed E-state index contributed by atoms with van der Waals surface area (Å²) in [5.41, 5.74) is 3.35. The van der Waals surface area contributed by atoms with Gasteiger partial charge in [-0.3, -0.25) is 19.7 Å². The number of pyridine rings is 1. The molecule has 1 aliphatic carbocycles. The zero-order valence-corrected chi connectivity index (χ0v) is 16.9. The molecular weight excluding hydrogens is 368 g/mol. The molecule has 2 amide bonds. The zero-order valence-electron chi connectivity index (χ0n) is 16.9. The lowest BCUT2D eigenvalue weighted by Gasteiger charge is -2.31. The molecule has 29 heavy (non-hydrogen) atoms. The fraction of sp³-hybridized carbons (Fsp3) is 0.429. The smallest absolute Gasteiger partial charge is 0.269 e. The van der Waals surface area contributed by atoms with Gasteiger partial charge >= 0.3 is 0 Å². The SMILES string of the molecule is CC(C)(C)[C@@H](CNC(=O)c1[nH]ncc1C1CC1)NC(=O)c1cnc2cc[nH]c2c1. The van der Waals surface area contributed by atoms with Crippen molar-refractivity contribution in [3.63, 3.8) is 0 Å². The van der Waals surface area contributed by atoms with Gasteiger partial charge in [0.05, 0.1) is 28.8 Å². The van der Waals surface area contributed by atoms with Crippen molar-refractivity contribution in [2.45, 2.75) is 45.6 Å². The van der Waals surface area contributed by atoms with E-state index in [-0.39, 0.29) is 23.3 Å². The molecule has 0 spiro atoms. The van der Waals surface area contributed by atoms with Crippen LogP contribution in [0.5, 0.6) is 0 Å². The van der Waals surface area contributed by atoms with Crippen molar-refractivity contribution in [2.24, 2.45) is 5.41 Å². The Hall–Kier alpha value is -3.16. The Bertz CT molecular complexity index is 1040. The number of amides is 2. The third-order valence-corrected chi connectivity index (χ3v) is 5.39. The maximum absolute atomic E-state index is 12.8. The van der Waals surface area contributed by atoms with E-state index in [1.807, 2.05) is 26.8 Å². The molecule has 3 aromatic rings. The first-order valence-corrected chi connectivity index (χ1v) is 9.88. The average Bonchev–Trinajstić information content (AvgIpc) is 3.21. The van der Waals surface area contributed by atoms with Crippen molar-refractivity contribution in [3.05, 3.63) is 47.5 Å². The fourth-order valence-electron chi connectivity index (χ4n) is 3.34. The van der Waals surface area contributed by atoms with Crippen LogP contribution in [0.4, 0.5) is 0 Å². The molecule has 1 aliphatic rings. The van der Waals surface area contributed by atoms with Crippen LogP contribution in [0.3, 0.4) is 0 Å². The molecule has 3 heterocycles. The van der Waals surface area contributed by atoms with Gasteiger partial charge in [-0.2, -0.15) is 5.10 Å². The second kappa shape index (κ2) is 7.35. The van der Waals surface area contributed by atoms with Crippen LogP contribution < -0.4 is 10.6 Å². The van der Waals surface area contributed by atoms with Crippen molar-refractivity contribution < 1.29 is 9.59 Å². The molecule has 1 fully saturated rings. The highest BCUT2D eigenvalue weighted by molar-refractivity contribution is 5.97. The van der Waals surface area contributed by atoms with Gasteiger partial charge in [0.1, 0.15) is 5.69 Å². The standard InChI is InChI=1S/C21H26N6O2/c1-21(2,3)17(11-24-20(29)18-14(10-25-27-18)12-4-5-12)26-19(28)13-8-16-15(23-9-13)6-7-22-16/h6-10,12,17,22H,4-5,11H2,1-3H3,(H,24,29)(H,25,27)(H,26,28)/t17-/m1/s1. The molecule has 0 unspecified atom stereocenters. The second-order valence-corrected chi connectivity index (χ2v) is 8.71. The maximum atomic E-state index is 12.8. The van der Waals surface area contributed by atoms with Gasteiger partial charge in [0.15, 0.2) is 0 Å². The van der Waals surface area contributed by atoms with Gasteiger partial charge < -0.3 is 15.6 Å². The van der Waals surface area contributed by atoms with Gasteiger partial charge in [0.25, 0.3) is 11.8 Å². The summed E-state index contributed by atoms with van der Waals surface area (Å²) in [6, 6.07) is 3.38. The van der Waals surface area contributed by atoms with Crippen LogP contribution >= 0.6 is 0 Å². The third kappa shape index (κ3) is 4.16. The summed E-state index contributed by atoms with van der Waals surface area (Å²) >= 11 is 0. The van der Waals surface area contributed by atoms with Crippen LogP contribution in [-0.2, 0) is 0 Å². The lowest BCUT2D eigenvalue weighted by molar-refractivity contribution is 0.0869. The molecule has 4 N–H and O–H groups in total. The number of hydrogen-bond donors (Lipinski definition) is 4. The van der Waals surface area contributed by atoms with E-state index >= 15 is 0 Å². The van der Waals surface area contributed by atoms with Crippen LogP contribution in [0, 0.1) is 5.41 Å². The number of carbonyl (C=O) groups is 2. The van der Waals surface area contributed by atoms with Crippen LogP contribution in [0.1, 0.15) is 65.9 Å². The Morgan fingerprint density at radius 1 is 1.24 bits per heavy atom. The Balaban J connectivity index is 1.44. The van der Waals surface area contributed by atoms with E-state index in [2.05, 4.69) is 30.8 Å². The van der Waals surface area contributed by atoms with Gasteiger partial charge in [0.2, 0.25) is 0 Å². The van der Waals surface area contributed by atoms with Crippen molar-refractivity contribution in [1.29, 1.82) is 0 Å². The Kier molecular flexibility index (Phi) is 4.86. The van der Waals surface area contributed by atoms with Crippen LogP contribution in [-0.4, -0.2) is 44.6 Å². The van der Waals surface area contributed by atoms with E-state index in [0.29, 0.717) is 23.7 Å². The Labute approximate surface area is 168 Å². The topological polar surface area (TPSA) is 116 Å². The summed E-state index contributed by atoms with van der Waals surface area (Å²) < 4.78 is 0. The number of rotatable bonds is 6. The minimum atomic E-state index is -0.259. The number of aromatic amines is 2. The number of H-pyrrole nitrogens is 2. The summed E-state index contributed by atoms with van der Waals surface area (Å²) in [5.74, 6) is 0.0220. The minimum Gasteiger partial charge on any atom is -0.360 e. The lowest BCUT2D eigenvalue weighted by Crippen LogP contribution is -2.50. The summed E-state index contributed by atoms with van der Waals surface area (Å²) in [6.07, 6.45) is 7.28. The number of carbonyl (C=O) groups excluding carboxylic acids is 2. The van der Waals surface area contributed by atoms with E-state index in [0.717, 1.165) is 29.4 Å². The van der Waals surface area contributed by atoms with Crippen LogP contribution in [0.15, 0.2) is 30.7 Å². The molecule has 0 aromatic carbocycles. The van der Waals surface area contributed by atoms with Gasteiger partial charge in [0, 0.05) is 24.5 Å². The summed E-state index contributed by atoms with van der Waals surface area (Å²) in [7, 11) is 0. The summed E-state index contributed by atoms with van der Waals surface area (Å²) in [5, 5.41) is 12.8. The average molecular weight is 394 g/mol. The number of nitrogens with zero attached hydrogens (tertiary/aromatic N) is 2. The van der Waals surface area contributed by atoms with Crippen molar-refractivity contribution in [1.82, 2.24) is 30.8 Å². The molecule has 0 aliphatic heterocycles. The first kappa shape index (κ1) is 19.2. The molecule has 0 radical (unpaired) electrons. The predicted octanol–water partition coefficient (Wildman–Crippen LogP) is 2.74. The number of aromatic nitrogens is 4. The van der Waals surface area contributed by atoms with Crippen molar-refractivity contribution in [2.75, 3.05) is 6.54 Å². The van der Waals surface area contributed by atoms with E-state index < -0.39 is 0 Å². The molecule has 8 nitrogen and oxygen atoms in total. The zero-order chi connectivity index (χ0) is 20.6. The molecule has 8 heteroatoms. The summed E-state index contributed by atoms with van der Waals surface area (Å²) in [6.45, 7) is 6.41. The molecular formula is C21H26N6O2. The first-order chi connectivity index (χ1) is 13.8. The van der Waals surface area contributed by atoms with Crippen LogP contribution in [0.2, 0.25) is 0 Å². The molecule has 1 saturated carbocycles. The van der Waals surface area contributed by atoms with Gasteiger partial charge in [-0.1, -0.05) is 20.8 Å². The maximum Gasteiger partial charge on any atom is 0.269 e. The van der Waals surface area contributed by atoms with E-state index in [1.165, 1.54) is 0 Å². The molecule has 152 valence electrons. The highest BCUT2D eigenvalue weighted by Gasteiger charge is 2.31. The van der Waals surface area contributed by atoms with Crippen molar-refractivity contribution in [3.8, 4) is 0 Å². The molecule has 0 saturated heterocycles. The number of nitrogens with one attached hydrogen (secondary N) is 4. The Morgan fingerprint density at radius 2 is 2.03 bits per heavy atom. The first-order valence-electron chi connectivity index (χ1n) is 9.88. The molecule has 0 bridgehead atoms. The second-order valence-electron chi connectivity index (χ2n) is 8.71. The monoisotopic (exact) mass is 394 g/mol. The van der Waals surface area contributed by atoms with Gasteiger partial charge in [-0.25, -0.2) is 0 Å². The van der Waals surface area contributed by atoms with E-state index in [9.17, 15) is 9.59 Å². The van der Waals surface area contributed by atoms with Crippen LogP contribution in [0.25, 0.3) is 11.0 Å². The van der Waals surface area contributed by atoms with Crippen molar-refractivity contribution >= 4 is 22.8 Å². The molecule has 1 atom stereocenters. The number of hydrogen-bond acceptors (Lipinski definition) is 4. The summed E-state index contributed by atoms with van der Waals surface area (Å²) in [4.78, 5) is 32.8. The van der Waals surface area contributed by atoms with E-state index in [1.54, 1.807) is 24.7 Å². The highest BCUT2D eigenvalue weighted by atomic mass is 16.2. The lowest BCUT2D eigenvalue weighted by atomic mass is 9.86. The largest absolute Gasteiger partial charge is 0.360 e. The highest BCUT2D eigenvalue weighted by Crippen LogP contribution is 2.41. The van der Waals surface area contributed by atoms with Gasteiger partial charge in [-0.05, 0) is 36.3 Å². The normalized spacial score (nSPS) is 15.3. The van der Waals surface area contributed by atoms with E-state index in [4.69, 9.17) is 0 Å². The van der Waals surface area contributed by atoms with Gasteiger partial charge in [-0.15, -0.1) is 0 Å². The quantitative estimate of drug-likeness (QED) is 0.514. The predicted molar refractivity (Wildman–Crippen MR) is 110 cm³/mol. The minimum absolute atomic E-state index is 0.192. The Morgan fingerprint density at radius 3 is 2.76 bits per heavy atom. The third-order valence-electron chi connectivity index (χ3n) is 5.39. The number of fused-ring (bicyclic) bond motifs is 1. The molecule has 4 rings (SSSR count). The molecule has 3 aromatic heterocycles. The fourth-order valence-corrected chi connectivity index (χ4v) is 3.34.